The number of rotatable bonds is 6. The van der Waals surface area contributed by atoms with Crippen molar-refractivity contribution in [3.05, 3.63) is 29.8 Å². The standard InChI is InChI=1S/C13H21NO2/c1-3-11(15)9-16-12-7-5-10(6-8-12)13(14)4-2/h5-8,11,13,15H,3-4,9,14H2,1-2H3/t11?,13-/m0/s1. The van der Waals surface area contributed by atoms with E-state index in [9.17, 15) is 5.11 Å². The van der Waals surface area contributed by atoms with Crippen molar-refractivity contribution in [3.63, 3.8) is 0 Å². The minimum absolute atomic E-state index is 0.0929. The first kappa shape index (κ1) is 13.0. The molecule has 0 aromatic heterocycles. The summed E-state index contributed by atoms with van der Waals surface area (Å²) in [6, 6.07) is 7.83. The second-order valence-electron chi connectivity index (χ2n) is 3.96. The van der Waals surface area contributed by atoms with Crippen molar-refractivity contribution in [2.24, 2.45) is 5.73 Å². The lowest BCUT2D eigenvalue weighted by atomic mass is 10.1. The van der Waals surface area contributed by atoms with Gasteiger partial charge in [-0.2, -0.15) is 0 Å². The van der Waals surface area contributed by atoms with Crippen LogP contribution in [0.3, 0.4) is 0 Å². The summed E-state index contributed by atoms with van der Waals surface area (Å²) in [7, 11) is 0. The molecule has 3 N–H and O–H groups in total. The van der Waals surface area contributed by atoms with E-state index in [-0.39, 0.29) is 6.04 Å². The molecule has 1 rings (SSSR count). The van der Waals surface area contributed by atoms with Crippen molar-refractivity contribution >= 4 is 0 Å². The second kappa shape index (κ2) is 6.51. The average Bonchev–Trinajstić information content (AvgIpc) is 2.35. The van der Waals surface area contributed by atoms with Crippen molar-refractivity contribution in [2.45, 2.75) is 38.8 Å². The van der Waals surface area contributed by atoms with E-state index < -0.39 is 6.10 Å². The maximum absolute atomic E-state index is 9.36. The molecule has 0 aliphatic rings. The monoisotopic (exact) mass is 223 g/mol. The maximum Gasteiger partial charge on any atom is 0.119 e. The topological polar surface area (TPSA) is 55.5 Å². The molecule has 0 bridgehead atoms. The van der Waals surface area contributed by atoms with Crippen molar-refractivity contribution in [2.75, 3.05) is 6.61 Å². The predicted molar refractivity (Wildman–Crippen MR) is 65.5 cm³/mol. The van der Waals surface area contributed by atoms with Crippen LogP contribution in [0.5, 0.6) is 5.75 Å². The number of benzene rings is 1. The number of nitrogens with two attached hydrogens (primary N) is 1. The highest BCUT2D eigenvalue weighted by Gasteiger charge is 2.04. The zero-order valence-corrected chi connectivity index (χ0v) is 10.0. The first-order valence-corrected chi connectivity index (χ1v) is 5.83. The summed E-state index contributed by atoms with van der Waals surface area (Å²) in [5, 5.41) is 9.36. The van der Waals surface area contributed by atoms with Gasteiger partial charge in [0.1, 0.15) is 12.4 Å². The van der Waals surface area contributed by atoms with Gasteiger partial charge in [-0.15, -0.1) is 0 Å². The van der Waals surface area contributed by atoms with E-state index in [1.165, 1.54) is 0 Å². The lowest BCUT2D eigenvalue weighted by Gasteiger charge is -2.12. The molecule has 1 unspecified atom stereocenters. The molecule has 0 radical (unpaired) electrons. The first-order valence-electron chi connectivity index (χ1n) is 5.83. The Morgan fingerprint density at radius 3 is 2.31 bits per heavy atom. The Bertz CT molecular complexity index is 297. The Labute approximate surface area is 97.2 Å². The maximum atomic E-state index is 9.36. The molecule has 3 nitrogen and oxygen atoms in total. The van der Waals surface area contributed by atoms with Crippen LogP contribution in [-0.2, 0) is 0 Å². The summed E-state index contributed by atoms with van der Waals surface area (Å²) in [4.78, 5) is 0. The van der Waals surface area contributed by atoms with E-state index in [2.05, 4.69) is 6.92 Å². The van der Waals surface area contributed by atoms with Gasteiger partial charge in [-0.1, -0.05) is 26.0 Å². The van der Waals surface area contributed by atoms with E-state index in [1.807, 2.05) is 31.2 Å². The normalized spacial score (nSPS) is 14.5. The van der Waals surface area contributed by atoms with Crippen LogP contribution in [-0.4, -0.2) is 17.8 Å². The van der Waals surface area contributed by atoms with Gasteiger partial charge in [-0.05, 0) is 30.5 Å². The molecule has 0 aliphatic carbocycles. The molecule has 3 heteroatoms. The average molecular weight is 223 g/mol. The Morgan fingerprint density at radius 2 is 1.81 bits per heavy atom. The quantitative estimate of drug-likeness (QED) is 0.777. The second-order valence-corrected chi connectivity index (χ2v) is 3.96. The molecule has 0 amide bonds. The summed E-state index contributed by atoms with van der Waals surface area (Å²) in [5.74, 6) is 0.777. The number of hydrogen-bond donors (Lipinski definition) is 2. The van der Waals surface area contributed by atoms with Crippen LogP contribution in [0.2, 0.25) is 0 Å². The molecule has 0 aliphatic heterocycles. The van der Waals surface area contributed by atoms with Crippen LogP contribution in [0.25, 0.3) is 0 Å². The van der Waals surface area contributed by atoms with Gasteiger partial charge in [0, 0.05) is 6.04 Å². The van der Waals surface area contributed by atoms with Crippen molar-refractivity contribution in [1.29, 1.82) is 0 Å². The Morgan fingerprint density at radius 1 is 1.19 bits per heavy atom. The summed E-state index contributed by atoms with van der Waals surface area (Å²) in [5.41, 5.74) is 7.02. The molecule has 0 saturated heterocycles. The van der Waals surface area contributed by atoms with Crippen LogP contribution in [0, 0.1) is 0 Å². The summed E-state index contributed by atoms with van der Waals surface area (Å²) in [6.45, 7) is 4.33. The third kappa shape index (κ3) is 3.83. The number of hydrogen-bond acceptors (Lipinski definition) is 3. The molecule has 2 atom stereocenters. The Kier molecular flexibility index (Phi) is 5.29. The van der Waals surface area contributed by atoms with Gasteiger partial charge in [0.2, 0.25) is 0 Å². The summed E-state index contributed by atoms with van der Waals surface area (Å²) >= 11 is 0. The third-order valence-electron chi connectivity index (χ3n) is 2.66. The largest absolute Gasteiger partial charge is 0.491 e. The van der Waals surface area contributed by atoms with Crippen LogP contribution in [0.4, 0.5) is 0 Å². The van der Waals surface area contributed by atoms with Gasteiger partial charge in [0.25, 0.3) is 0 Å². The minimum atomic E-state index is -0.391. The highest BCUT2D eigenvalue weighted by atomic mass is 16.5. The zero-order chi connectivity index (χ0) is 12.0. The molecule has 0 heterocycles. The fraction of sp³-hybridized carbons (Fsp3) is 0.538. The fourth-order valence-corrected chi connectivity index (χ4v) is 1.36. The van der Waals surface area contributed by atoms with Gasteiger partial charge in [0.15, 0.2) is 0 Å². The van der Waals surface area contributed by atoms with Gasteiger partial charge >= 0.3 is 0 Å². The highest BCUT2D eigenvalue weighted by Crippen LogP contribution is 2.18. The number of aliphatic hydroxyl groups is 1. The number of ether oxygens (including phenoxy) is 1. The van der Waals surface area contributed by atoms with Gasteiger partial charge < -0.3 is 15.6 Å². The van der Waals surface area contributed by atoms with E-state index in [1.54, 1.807) is 0 Å². The molecule has 90 valence electrons. The van der Waals surface area contributed by atoms with E-state index in [4.69, 9.17) is 10.5 Å². The molecule has 0 fully saturated rings. The van der Waals surface area contributed by atoms with E-state index in [0.717, 1.165) is 17.7 Å². The van der Waals surface area contributed by atoms with Crippen molar-refractivity contribution in [1.82, 2.24) is 0 Å². The van der Waals surface area contributed by atoms with Crippen LogP contribution in [0.15, 0.2) is 24.3 Å². The molecule has 0 saturated carbocycles. The molecular formula is C13H21NO2. The third-order valence-corrected chi connectivity index (χ3v) is 2.66. The fourth-order valence-electron chi connectivity index (χ4n) is 1.36. The van der Waals surface area contributed by atoms with Crippen molar-refractivity contribution < 1.29 is 9.84 Å². The van der Waals surface area contributed by atoms with Crippen LogP contribution >= 0.6 is 0 Å². The lowest BCUT2D eigenvalue weighted by molar-refractivity contribution is 0.104. The Balaban J connectivity index is 2.51. The van der Waals surface area contributed by atoms with Crippen LogP contribution in [0.1, 0.15) is 38.3 Å². The summed E-state index contributed by atoms with van der Waals surface area (Å²) < 4.78 is 5.44. The van der Waals surface area contributed by atoms with Crippen molar-refractivity contribution in [3.8, 4) is 5.75 Å². The van der Waals surface area contributed by atoms with E-state index in [0.29, 0.717) is 13.0 Å². The van der Waals surface area contributed by atoms with E-state index >= 15 is 0 Å². The molecule has 1 aromatic carbocycles. The predicted octanol–water partition coefficient (Wildman–Crippen LogP) is 2.25. The molecule has 16 heavy (non-hydrogen) atoms. The van der Waals surface area contributed by atoms with Gasteiger partial charge in [-0.25, -0.2) is 0 Å². The smallest absolute Gasteiger partial charge is 0.119 e. The zero-order valence-electron chi connectivity index (χ0n) is 10.0. The van der Waals surface area contributed by atoms with Crippen LogP contribution < -0.4 is 10.5 Å². The molecule has 0 spiro atoms. The van der Waals surface area contributed by atoms with Gasteiger partial charge in [-0.3, -0.25) is 0 Å². The minimum Gasteiger partial charge on any atom is -0.491 e. The highest BCUT2D eigenvalue weighted by molar-refractivity contribution is 5.28. The SMILES string of the molecule is CCC(O)COc1ccc([C@@H](N)CC)cc1. The van der Waals surface area contributed by atoms with Gasteiger partial charge in [0.05, 0.1) is 6.10 Å². The lowest BCUT2D eigenvalue weighted by Crippen LogP contribution is -2.16. The number of aliphatic hydroxyl groups excluding tert-OH is 1. The first-order chi connectivity index (χ1) is 7.67. The molecular weight excluding hydrogens is 202 g/mol. The molecule has 1 aromatic rings. The summed E-state index contributed by atoms with van der Waals surface area (Å²) in [6.07, 6.45) is 1.24. The Hall–Kier alpha value is -1.06.